The average molecular weight is 337 g/mol. The first-order valence-electron chi connectivity index (χ1n) is 8.79. The Morgan fingerprint density at radius 3 is 2.21 bits per heavy atom. The van der Waals surface area contributed by atoms with E-state index in [0.717, 1.165) is 12.8 Å². The number of benzene rings is 1. The molecule has 136 valence electrons. The van der Waals surface area contributed by atoms with Gasteiger partial charge in [0.2, 0.25) is 11.7 Å². The molecule has 1 aromatic rings. The number of carbonyl (C=O) groups is 1. The summed E-state index contributed by atoms with van der Waals surface area (Å²) in [6.45, 7) is 3.96. The largest absolute Gasteiger partial charge is 0.504 e. The van der Waals surface area contributed by atoms with Gasteiger partial charge in [-0.05, 0) is 25.0 Å². The normalized spacial score (nSPS) is 10.5. The van der Waals surface area contributed by atoms with Crippen molar-refractivity contribution in [2.45, 2.75) is 65.2 Å². The molecule has 1 rings (SSSR count). The Bertz CT molecular complexity index is 529. The first-order valence-corrected chi connectivity index (χ1v) is 8.79. The highest BCUT2D eigenvalue weighted by Crippen LogP contribution is 2.44. The Morgan fingerprint density at radius 1 is 1.04 bits per heavy atom. The van der Waals surface area contributed by atoms with Gasteiger partial charge < -0.3 is 19.9 Å². The fourth-order valence-electron chi connectivity index (χ4n) is 2.70. The van der Waals surface area contributed by atoms with Crippen molar-refractivity contribution >= 4 is 11.6 Å². The van der Waals surface area contributed by atoms with Crippen molar-refractivity contribution in [3.63, 3.8) is 0 Å². The van der Waals surface area contributed by atoms with E-state index in [4.69, 9.17) is 9.47 Å². The predicted octanol–water partition coefficient (Wildman–Crippen LogP) is 4.80. The minimum Gasteiger partial charge on any atom is -0.504 e. The molecule has 0 heterocycles. The summed E-state index contributed by atoms with van der Waals surface area (Å²) in [7, 11) is 2.94. The van der Waals surface area contributed by atoms with Crippen LogP contribution in [0.1, 0.15) is 63.9 Å². The van der Waals surface area contributed by atoms with Crippen LogP contribution >= 0.6 is 0 Å². The number of carbonyl (C=O) groups excluding carboxylic acids is 1. The van der Waals surface area contributed by atoms with E-state index in [1.165, 1.54) is 46.3 Å². The molecule has 0 aromatic heterocycles. The first kappa shape index (κ1) is 20.1. The molecule has 0 saturated carbocycles. The van der Waals surface area contributed by atoms with Crippen molar-refractivity contribution in [1.29, 1.82) is 0 Å². The van der Waals surface area contributed by atoms with E-state index in [-0.39, 0.29) is 17.4 Å². The second kappa shape index (κ2) is 10.8. The molecule has 0 aliphatic carbocycles. The molecule has 0 saturated heterocycles. The number of nitrogens with one attached hydrogen (secondary N) is 1. The van der Waals surface area contributed by atoms with Crippen LogP contribution in [0, 0.1) is 6.92 Å². The van der Waals surface area contributed by atoms with Crippen LogP contribution in [-0.4, -0.2) is 25.2 Å². The van der Waals surface area contributed by atoms with Gasteiger partial charge in [0.05, 0.1) is 19.9 Å². The Balaban J connectivity index is 2.53. The highest BCUT2D eigenvalue weighted by Gasteiger charge is 2.18. The Morgan fingerprint density at radius 2 is 1.62 bits per heavy atom. The third kappa shape index (κ3) is 5.95. The molecule has 0 spiro atoms. The maximum atomic E-state index is 12.1. The van der Waals surface area contributed by atoms with Gasteiger partial charge in [-0.1, -0.05) is 45.4 Å². The average Bonchev–Trinajstić information content (AvgIpc) is 2.56. The molecule has 1 amide bonds. The van der Waals surface area contributed by atoms with E-state index in [1.807, 2.05) is 0 Å². The van der Waals surface area contributed by atoms with E-state index >= 15 is 0 Å². The summed E-state index contributed by atoms with van der Waals surface area (Å²) in [5, 5.41) is 12.9. The lowest BCUT2D eigenvalue weighted by molar-refractivity contribution is -0.116. The second-order valence-corrected chi connectivity index (χ2v) is 6.08. The van der Waals surface area contributed by atoms with Crippen LogP contribution in [-0.2, 0) is 4.79 Å². The van der Waals surface area contributed by atoms with Gasteiger partial charge in [-0.15, -0.1) is 0 Å². The molecular formula is C19H31NO4. The van der Waals surface area contributed by atoms with Crippen LogP contribution in [0.2, 0.25) is 0 Å². The van der Waals surface area contributed by atoms with Gasteiger partial charge in [0.25, 0.3) is 0 Å². The van der Waals surface area contributed by atoms with Crippen LogP contribution in [0.25, 0.3) is 0 Å². The smallest absolute Gasteiger partial charge is 0.224 e. The van der Waals surface area contributed by atoms with Gasteiger partial charge in [0, 0.05) is 6.42 Å². The standard InChI is InChI=1S/C19H31NO4/c1-5-6-7-8-9-10-11-12-16(21)20-15-13-14(2)17(22)19(24-4)18(15)23-3/h13,22H,5-12H2,1-4H3,(H,20,21). The van der Waals surface area contributed by atoms with E-state index in [2.05, 4.69) is 12.2 Å². The SMILES string of the molecule is CCCCCCCCCC(=O)Nc1cc(C)c(O)c(OC)c1OC. The van der Waals surface area contributed by atoms with Gasteiger partial charge in [-0.2, -0.15) is 0 Å². The maximum Gasteiger partial charge on any atom is 0.224 e. The van der Waals surface area contributed by atoms with Crippen LogP contribution in [0.5, 0.6) is 17.2 Å². The number of phenolic OH excluding ortho intramolecular Hbond substituents is 1. The number of aromatic hydroxyl groups is 1. The summed E-state index contributed by atoms with van der Waals surface area (Å²) in [4.78, 5) is 12.1. The predicted molar refractivity (Wildman–Crippen MR) is 97.2 cm³/mol. The summed E-state index contributed by atoms with van der Waals surface area (Å²) >= 11 is 0. The molecule has 24 heavy (non-hydrogen) atoms. The van der Waals surface area contributed by atoms with Crippen LogP contribution in [0.15, 0.2) is 6.07 Å². The Hall–Kier alpha value is -1.91. The quantitative estimate of drug-likeness (QED) is 0.450. The van der Waals surface area contributed by atoms with Crippen molar-refractivity contribution in [3.8, 4) is 17.2 Å². The van der Waals surface area contributed by atoms with Gasteiger partial charge in [-0.25, -0.2) is 0 Å². The number of ether oxygens (including phenoxy) is 2. The fourth-order valence-corrected chi connectivity index (χ4v) is 2.70. The topological polar surface area (TPSA) is 67.8 Å². The zero-order valence-corrected chi connectivity index (χ0v) is 15.4. The van der Waals surface area contributed by atoms with Gasteiger partial charge >= 0.3 is 0 Å². The van der Waals surface area contributed by atoms with E-state index in [9.17, 15) is 9.90 Å². The highest BCUT2D eigenvalue weighted by molar-refractivity contribution is 5.93. The summed E-state index contributed by atoms with van der Waals surface area (Å²) < 4.78 is 10.5. The Labute approximate surface area is 145 Å². The molecule has 0 aliphatic rings. The zero-order valence-electron chi connectivity index (χ0n) is 15.4. The molecule has 5 nitrogen and oxygen atoms in total. The van der Waals surface area contributed by atoms with Crippen LogP contribution in [0.4, 0.5) is 5.69 Å². The van der Waals surface area contributed by atoms with Gasteiger partial charge in [0.1, 0.15) is 0 Å². The third-order valence-corrected chi connectivity index (χ3v) is 4.09. The molecular weight excluding hydrogens is 306 g/mol. The highest BCUT2D eigenvalue weighted by atomic mass is 16.5. The Kier molecular flexibility index (Phi) is 9.05. The van der Waals surface area contributed by atoms with E-state index < -0.39 is 0 Å². The number of phenols is 1. The van der Waals surface area contributed by atoms with Gasteiger partial charge in [0.15, 0.2) is 11.5 Å². The number of methoxy groups -OCH3 is 2. The summed E-state index contributed by atoms with van der Waals surface area (Å²) in [5.74, 6) is 0.561. The van der Waals surface area contributed by atoms with Crippen molar-refractivity contribution in [2.75, 3.05) is 19.5 Å². The number of aryl methyl sites for hydroxylation is 1. The second-order valence-electron chi connectivity index (χ2n) is 6.08. The van der Waals surface area contributed by atoms with Crippen LogP contribution in [0.3, 0.4) is 0 Å². The number of anilines is 1. The first-order chi connectivity index (χ1) is 11.5. The van der Waals surface area contributed by atoms with Gasteiger partial charge in [-0.3, -0.25) is 4.79 Å². The molecule has 5 heteroatoms. The molecule has 0 unspecified atom stereocenters. The molecule has 1 aromatic carbocycles. The lowest BCUT2D eigenvalue weighted by atomic mass is 10.1. The minimum atomic E-state index is -0.0472. The molecule has 0 atom stereocenters. The number of hydrogen-bond acceptors (Lipinski definition) is 4. The minimum absolute atomic E-state index is 0.0272. The molecule has 0 aliphatic heterocycles. The molecule has 2 N–H and O–H groups in total. The van der Waals surface area contributed by atoms with Crippen molar-refractivity contribution < 1.29 is 19.4 Å². The molecule has 0 bridgehead atoms. The lowest BCUT2D eigenvalue weighted by Gasteiger charge is -2.16. The monoisotopic (exact) mass is 337 g/mol. The van der Waals surface area contributed by atoms with Crippen molar-refractivity contribution in [3.05, 3.63) is 11.6 Å². The molecule has 0 radical (unpaired) electrons. The summed E-state index contributed by atoms with van der Waals surface area (Å²) in [6, 6.07) is 1.69. The number of unbranched alkanes of at least 4 members (excludes halogenated alkanes) is 6. The number of rotatable bonds is 11. The number of hydrogen-bond donors (Lipinski definition) is 2. The summed E-state index contributed by atoms with van der Waals surface area (Å²) in [6.07, 6.45) is 8.70. The maximum absolute atomic E-state index is 12.1. The lowest BCUT2D eigenvalue weighted by Crippen LogP contribution is -2.12. The third-order valence-electron chi connectivity index (χ3n) is 4.09. The summed E-state index contributed by atoms with van der Waals surface area (Å²) in [5.41, 5.74) is 1.15. The van der Waals surface area contributed by atoms with E-state index in [1.54, 1.807) is 13.0 Å². The molecule has 0 fully saturated rings. The van der Waals surface area contributed by atoms with E-state index in [0.29, 0.717) is 23.4 Å². The van der Waals surface area contributed by atoms with Crippen molar-refractivity contribution in [1.82, 2.24) is 0 Å². The number of amides is 1. The fraction of sp³-hybridized carbons (Fsp3) is 0.632. The zero-order chi connectivity index (χ0) is 17.9. The van der Waals surface area contributed by atoms with Crippen molar-refractivity contribution in [2.24, 2.45) is 0 Å². The van der Waals surface area contributed by atoms with Crippen LogP contribution < -0.4 is 14.8 Å².